The maximum absolute atomic E-state index is 8.28. The Balaban J connectivity index is -0.000000000833. The van der Waals surface area contributed by atoms with Crippen LogP contribution in [0.3, 0.4) is 0 Å². The Morgan fingerprint density at radius 3 is 0.800 bits per heavy atom. The standard InChI is InChI=1S/Al.BHO.2Bi.H2OSi.3H2O.6H/c;1-2;;;1-2;;;;;;;;;/h;1H;;;2H2;3*1H2;;;;;;. The predicted molar refractivity (Wildman–Crippen MR) is 53.5 cm³/mol. The van der Waals surface area contributed by atoms with Gasteiger partial charge in [-0.25, -0.2) is 0 Å². The van der Waals surface area contributed by atoms with Crippen molar-refractivity contribution in [2.45, 2.75) is 0 Å². The summed E-state index contributed by atoms with van der Waals surface area (Å²) in [6, 6.07) is 0. The summed E-state index contributed by atoms with van der Waals surface area (Å²) >= 11 is 0. The minimum absolute atomic E-state index is 0. The van der Waals surface area contributed by atoms with Crippen LogP contribution in [0.1, 0.15) is 0 Å². The van der Waals surface area contributed by atoms with Crippen molar-refractivity contribution in [2.24, 2.45) is 0 Å². The molecular formula is H15AlBBi2O5Si. The van der Waals surface area contributed by atoms with Crippen molar-refractivity contribution in [3.05, 3.63) is 0 Å². The minimum atomic E-state index is 0. The van der Waals surface area contributed by atoms with E-state index in [-0.39, 0.29) is 86.2 Å². The maximum atomic E-state index is 8.28. The summed E-state index contributed by atoms with van der Waals surface area (Å²) in [5.74, 6) is 0. The molecule has 0 aliphatic rings. The summed E-state index contributed by atoms with van der Waals surface area (Å²) in [6.45, 7) is 0. The second-order valence-electron chi connectivity index (χ2n) is 0. The monoisotopic (exact) mass is 579 g/mol. The Kier molecular flexibility index (Phi) is 2360. The van der Waals surface area contributed by atoms with Gasteiger partial charge in [-0.1, -0.05) is 0 Å². The summed E-state index contributed by atoms with van der Waals surface area (Å²) in [7, 11) is 2.61. The van der Waals surface area contributed by atoms with Gasteiger partial charge in [0.1, 0.15) is 0 Å². The van der Waals surface area contributed by atoms with Gasteiger partial charge >= 0.3 is 64.8 Å². The molecule has 10 heteroatoms. The summed E-state index contributed by atoms with van der Waals surface area (Å²) in [5, 5.41) is 0. The molecule has 0 aliphatic heterocycles. The van der Waals surface area contributed by atoms with E-state index in [2.05, 4.69) is 0 Å². The Hall–Kier alpha value is 2.06. The van der Waals surface area contributed by atoms with E-state index < -0.39 is 0 Å². The van der Waals surface area contributed by atoms with E-state index in [1.54, 1.807) is 0 Å². The van der Waals surface area contributed by atoms with E-state index in [9.17, 15) is 0 Å². The molecule has 0 aromatic carbocycles. The number of hydrogen-bond acceptors (Lipinski definition) is 2. The van der Waals surface area contributed by atoms with Gasteiger partial charge in [-0.05, 0) is 0 Å². The summed E-state index contributed by atoms with van der Waals surface area (Å²) < 4.78 is 16.3. The molecule has 0 aromatic heterocycles. The SMILES string of the molecule is B=O.O.O.O.O=[SiH2].[Al].[BiH3].[BiH3]. The zero-order chi connectivity index (χ0) is 4.00. The quantitative estimate of drug-likeness (QED) is 0.265. The van der Waals surface area contributed by atoms with Gasteiger partial charge < -0.3 is 20.9 Å². The fourth-order valence-corrected chi connectivity index (χ4v) is 0. The summed E-state index contributed by atoms with van der Waals surface area (Å²) in [5.41, 5.74) is 0. The zero-order valence-electron chi connectivity index (χ0n) is 5.72. The molecule has 0 amide bonds. The fourth-order valence-electron chi connectivity index (χ4n) is 0. The fraction of sp³-hybridized carbons (Fsp3) is 0. The van der Waals surface area contributed by atoms with Crippen LogP contribution in [0.15, 0.2) is 0 Å². The Labute approximate surface area is 112 Å². The van der Waals surface area contributed by atoms with Gasteiger partial charge in [0.25, 0.3) is 0 Å². The average molecular weight is 579 g/mol. The molecule has 0 aromatic rings. The normalized spacial score (nSPS) is 0.700. The van der Waals surface area contributed by atoms with Crippen LogP contribution in [0.4, 0.5) is 0 Å². The van der Waals surface area contributed by atoms with Gasteiger partial charge in [-0.2, -0.15) is 0 Å². The van der Waals surface area contributed by atoms with Gasteiger partial charge in [-0.15, -0.1) is 0 Å². The van der Waals surface area contributed by atoms with Crippen LogP contribution in [0.5, 0.6) is 0 Å². The first kappa shape index (κ1) is 89.5. The zero-order valence-corrected chi connectivity index (χ0v) is 19.3. The molecule has 0 saturated heterocycles. The third-order valence-corrected chi connectivity index (χ3v) is 0. The van der Waals surface area contributed by atoms with Crippen molar-refractivity contribution >= 4 is 87.6 Å². The molecule has 0 aliphatic carbocycles. The molecule has 5 nitrogen and oxygen atoms in total. The number of hydrogen-bond donors (Lipinski definition) is 0. The van der Waals surface area contributed by atoms with Crippen molar-refractivity contribution in [1.29, 1.82) is 0 Å². The first-order chi connectivity index (χ1) is 2.00. The van der Waals surface area contributed by atoms with E-state index in [0.717, 1.165) is 0 Å². The van der Waals surface area contributed by atoms with E-state index in [1.807, 2.05) is 7.72 Å². The number of rotatable bonds is 0. The topological polar surface area (TPSA) is 129 Å². The third kappa shape index (κ3) is 195. The van der Waals surface area contributed by atoms with Crippen molar-refractivity contribution < 1.29 is 25.6 Å². The van der Waals surface area contributed by atoms with E-state index in [4.69, 9.17) is 9.17 Å². The van der Waals surface area contributed by atoms with Crippen molar-refractivity contribution in [1.82, 2.24) is 0 Å². The molecule has 0 bridgehead atoms. The van der Waals surface area contributed by atoms with Gasteiger partial charge in [0, 0.05) is 17.4 Å². The van der Waals surface area contributed by atoms with Gasteiger partial charge in [0.15, 0.2) is 0 Å². The molecule has 0 heterocycles. The van der Waals surface area contributed by atoms with Crippen LogP contribution >= 0.6 is 0 Å². The Morgan fingerprint density at radius 2 is 0.800 bits per heavy atom. The van der Waals surface area contributed by atoms with E-state index in [1.165, 1.54) is 0 Å². The molecule has 0 fully saturated rings. The second-order valence-corrected chi connectivity index (χ2v) is 0. The van der Waals surface area contributed by atoms with Crippen LogP contribution in [0.2, 0.25) is 0 Å². The van der Waals surface area contributed by atoms with Gasteiger partial charge in [0.2, 0.25) is 10.1 Å². The van der Waals surface area contributed by atoms with E-state index >= 15 is 0 Å². The third-order valence-electron chi connectivity index (χ3n) is 0. The molecule has 0 spiro atoms. The molecule has 65 valence electrons. The average Bonchev–Trinajstić information content (AvgIpc) is 1.50. The predicted octanol–water partition coefficient (Wildman–Crippen LogP) is -7.02. The Morgan fingerprint density at radius 1 is 0.800 bits per heavy atom. The molecule has 0 atom stereocenters. The van der Waals surface area contributed by atoms with Crippen LogP contribution in [-0.4, -0.2) is 104 Å². The first-order valence-electron chi connectivity index (χ1n) is 0.577. The molecular weight excluding hydrogens is 564 g/mol. The van der Waals surface area contributed by atoms with Gasteiger partial charge in [-0.3, -0.25) is 0 Å². The molecule has 6 N–H and O–H groups in total. The van der Waals surface area contributed by atoms with E-state index in [0.29, 0.717) is 10.1 Å². The van der Waals surface area contributed by atoms with Crippen LogP contribution in [-0.2, 0) is 9.17 Å². The molecule has 10 heavy (non-hydrogen) atoms. The molecule has 0 saturated carbocycles. The van der Waals surface area contributed by atoms with Crippen molar-refractivity contribution in [3.8, 4) is 0 Å². The van der Waals surface area contributed by atoms with Crippen molar-refractivity contribution in [3.63, 3.8) is 0 Å². The van der Waals surface area contributed by atoms with Crippen LogP contribution < -0.4 is 0 Å². The second kappa shape index (κ2) is 264. The van der Waals surface area contributed by atoms with Crippen LogP contribution in [0.25, 0.3) is 0 Å². The molecule has 0 unspecified atom stereocenters. The molecule has 3 radical (unpaired) electrons. The summed E-state index contributed by atoms with van der Waals surface area (Å²) in [4.78, 5) is 0. The Bertz CT molecular complexity index is 21.6. The van der Waals surface area contributed by atoms with Crippen molar-refractivity contribution in [2.75, 3.05) is 0 Å². The van der Waals surface area contributed by atoms with Crippen LogP contribution in [0, 0.1) is 0 Å². The molecule has 0 rings (SSSR count). The van der Waals surface area contributed by atoms with Gasteiger partial charge in [0.05, 0.1) is 0 Å². The summed E-state index contributed by atoms with van der Waals surface area (Å²) in [6.07, 6.45) is 0. The first-order valence-corrected chi connectivity index (χ1v) is 1.15.